The minimum atomic E-state index is 0. The molecule has 1 rings (SSSR count). The summed E-state index contributed by atoms with van der Waals surface area (Å²) in [6, 6.07) is 10.3. The molecule has 0 heterocycles. The van der Waals surface area contributed by atoms with Gasteiger partial charge < -0.3 is 12.4 Å². The van der Waals surface area contributed by atoms with Crippen LogP contribution in [0.3, 0.4) is 0 Å². The van der Waals surface area contributed by atoms with Gasteiger partial charge in [-0.1, -0.05) is 35.9 Å². The van der Waals surface area contributed by atoms with Crippen LogP contribution in [0.1, 0.15) is 5.56 Å². The molecule has 1 aromatic rings. The van der Waals surface area contributed by atoms with Crippen molar-refractivity contribution >= 4 is 0 Å². The summed E-state index contributed by atoms with van der Waals surface area (Å²) in [7, 11) is 0. The van der Waals surface area contributed by atoms with E-state index in [-0.39, 0.29) is 12.4 Å². The summed E-state index contributed by atoms with van der Waals surface area (Å²) in [4.78, 5) is 0. The minimum absolute atomic E-state index is 0. The van der Waals surface area contributed by atoms with Crippen LogP contribution in [0.4, 0.5) is 0 Å². The van der Waals surface area contributed by atoms with Crippen molar-refractivity contribution in [3.8, 4) is 0 Å². The SMILES string of the molecule is Cc1ccccc1.[Cl-]. The second-order valence-electron chi connectivity index (χ2n) is 1.65. The molecule has 44 valence electrons. The molecule has 0 amide bonds. The first-order valence-electron chi connectivity index (χ1n) is 2.41. The topological polar surface area (TPSA) is 0 Å². The first-order chi connectivity index (χ1) is 3.39. The molecule has 0 N–H and O–H groups in total. The lowest BCUT2D eigenvalue weighted by Gasteiger charge is -1.82. The van der Waals surface area contributed by atoms with E-state index in [4.69, 9.17) is 0 Å². The van der Waals surface area contributed by atoms with E-state index < -0.39 is 0 Å². The van der Waals surface area contributed by atoms with Crippen molar-refractivity contribution in [1.29, 1.82) is 0 Å². The molecule has 0 nitrogen and oxygen atoms in total. The van der Waals surface area contributed by atoms with Crippen molar-refractivity contribution in [1.82, 2.24) is 0 Å². The van der Waals surface area contributed by atoms with Crippen molar-refractivity contribution in [2.24, 2.45) is 0 Å². The Labute approximate surface area is 55.9 Å². The fraction of sp³-hybridized carbons (Fsp3) is 0.143. The zero-order chi connectivity index (χ0) is 5.11. The normalized spacial score (nSPS) is 7.62. The van der Waals surface area contributed by atoms with Crippen LogP contribution in [0.15, 0.2) is 30.3 Å². The van der Waals surface area contributed by atoms with Gasteiger partial charge in [0.15, 0.2) is 0 Å². The lowest BCUT2D eigenvalue weighted by atomic mass is 10.2. The van der Waals surface area contributed by atoms with Crippen molar-refractivity contribution in [2.75, 3.05) is 0 Å². The van der Waals surface area contributed by atoms with Crippen LogP contribution in [-0.4, -0.2) is 0 Å². The fourth-order valence-corrected chi connectivity index (χ4v) is 0.534. The molecule has 0 aliphatic carbocycles. The standard InChI is InChI=1S/C7H8.ClH/c1-7-5-3-2-4-6-7;/h2-6H,1H3;1H/p-1. The molecule has 0 atom stereocenters. The van der Waals surface area contributed by atoms with Gasteiger partial charge in [-0.3, -0.25) is 0 Å². The maximum Gasteiger partial charge on any atom is -0.0398 e. The minimum Gasteiger partial charge on any atom is -1.00 e. The van der Waals surface area contributed by atoms with E-state index in [1.165, 1.54) is 5.56 Å². The highest BCUT2D eigenvalue weighted by Crippen LogP contribution is 1.92. The van der Waals surface area contributed by atoms with E-state index in [2.05, 4.69) is 19.1 Å². The molecule has 1 aromatic carbocycles. The van der Waals surface area contributed by atoms with Gasteiger partial charge in [0.2, 0.25) is 0 Å². The number of halogens is 1. The van der Waals surface area contributed by atoms with E-state index >= 15 is 0 Å². The third kappa shape index (κ3) is 1.99. The van der Waals surface area contributed by atoms with Gasteiger partial charge in [0.1, 0.15) is 0 Å². The smallest absolute Gasteiger partial charge is 0.0398 e. The third-order valence-electron chi connectivity index (χ3n) is 0.940. The van der Waals surface area contributed by atoms with Gasteiger partial charge in [-0.05, 0) is 6.92 Å². The lowest BCUT2D eigenvalue weighted by Crippen LogP contribution is -3.00. The number of rotatable bonds is 0. The number of benzene rings is 1. The fourth-order valence-electron chi connectivity index (χ4n) is 0.534. The average molecular weight is 128 g/mol. The Kier molecular flexibility index (Phi) is 3.29. The first kappa shape index (κ1) is 7.51. The molecule has 1 heteroatoms. The Balaban J connectivity index is 0.000000490. The van der Waals surface area contributed by atoms with Gasteiger partial charge in [0, 0.05) is 0 Å². The maximum atomic E-state index is 2.08. The van der Waals surface area contributed by atoms with E-state index in [1.807, 2.05) is 18.2 Å². The summed E-state index contributed by atoms with van der Waals surface area (Å²) >= 11 is 0. The highest BCUT2D eigenvalue weighted by molar-refractivity contribution is 5.11. The third-order valence-corrected chi connectivity index (χ3v) is 0.940. The predicted molar refractivity (Wildman–Crippen MR) is 31.2 cm³/mol. The van der Waals surface area contributed by atoms with Crippen LogP contribution >= 0.6 is 0 Å². The summed E-state index contributed by atoms with van der Waals surface area (Å²) in [5.74, 6) is 0. The summed E-state index contributed by atoms with van der Waals surface area (Å²) in [6.07, 6.45) is 0. The molecule has 0 aliphatic rings. The van der Waals surface area contributed by atoms with E-state index in [9.17, 15) is 0 Å². The molecular weight excluding hydrogens is 120 g/mol. The van der Waals surface area contributed by atoms with Gasteiger partial charge in [0.05, 0.1) is 0 Å². The highest BCUT2D eigenvalue weighted by Gasteiger charge is 1.72. The molecule has 0 saturated heterocycles. The second-order valence-corrected chi connectivity index (χ2v) is 1.65. The Hall–Kier alpha value is -0.490. The zero-order valence-corrected chi connectivity index (χ0v) is 5.52. The number of hydrogen-bond donors (Lipinski definition) is 0. The predicted octanol–water partition coefficient (Wildman–Crippen LogP) is -1.00. The van der Waals surface area contributed by atoms with E-state index in [1.54, 1.807) is 0 Å². The number of hydrogen-bond acceptors (Lipinski definition) is 0. The van der Waals surface area contributed by atoms with Gasteiger partial charge in [-0.2, -0.15) is 0 Å². The molecule has 8 heavy (non-hydrogen) atoms. The van der Waals surface area contributed by atoms with Crippen LogP contribution in [0.25, 0.3) is 0 Å². The molecule has 0 fully saturated rings. The Morgan fingerprint density at radius 2 is 1.50 bits per heavy atom. The monoisotopic (exact) mass is 127 g/mol. The van der Waals surface area contributed by atoms with Crippen LogP contribution in [0.5, 0.6) is 0 Å². The first-order valence-corrected chi connectivity index (χ1v) is 2.41. The second kappa shape index (κ2) is 3.50. The molecule has 0 bridgehead atoms. The molecule has 0 aromatic heterocycles. The number of aryl methyl sites for hydroxylation is 1. The molecule has 0 radical (unpaired) electrons. The Morgan fingerprint density at radius 1 is 1.00 bits per heavy atom. The van der Waals surface area contributed by atoms with Crippen LogP contribution in [-0.2, 0) is 0 Å². The lowest BCUT2D eigenvalue weighted by molar-refractivity contribution is -0.00000150. The van der Waals surface area contributed by atoms with Crippen molar-refractivity contribution in [3.63, 3.8) is 0 Å². The van der Waals surface area contributed by atoms with Crippen molar-refractivity contribution in [2.45, 2.75) is 6.92 Å². The van der Waals surface area contributed by atoms with Gasteiger partial charge in [-0.25, -0.2) is 0 Å². The van der Waals surface area contributed by atoms with Gasteiger partial charge in [-0.15, -0.1) is 0 Å². The summed E-state index contributed by atoms with van der Waals surface area (Å²) in [5, 5.41) is 0. The van der Waals surface area contributed by atoms with E-state index in [0.29, 0.717) is 0 Å². The maximum absolute atomic E-state index is 2.08. The molecule has 0 unspecified atom stereocenters. The van der Waals surface area contributed by atoms with Crippen LogP contribution < -0.4 is 12.4 Å². The van der Waals surface area contributed by atoms with Gasteiger partial charge >= 0.3 is 0 Å². The molecular formula is C7H8Cl-. The van der Waals surface area contributed by atoms with Crippen LogP contribution in [0, 0.1) is 6.92 Å². The Morgan fingerprint density at radius 3 is 1.75 bits per heavy atom. The van der Waals surface area contributed by atoms with E-state index in [0.717, 1.165) is 0 Å². The molecule has 0 aliphatic heterocycles. The quantitative estimate of drug-likeness (QED) is 0.420. The average Bonchev–Trinajstić information content (AvgIpc) is 1.69. The summed E-state index contributed by atoms with van der Waals surface area (Å²) in [6.45, 7) is 2.08. The molecule has 0 spiro atoms. The van der Waals surface area contributed by atoms with Crippen LogP contribution in [0.2, 0.25) is 0 Å². The summed E-state index contributed by atoms with van der Waals surface area (Å²) < 4.78 is 0. The zero-order valence-electron chi connectivity index (χ0n) is 4.76. The highest BCUT2D eigenvalue weighted by atomic mass is 35.5. The summed E-state index contributed by atoms with van der Waals surface area (Å²) in [5.41, 5.74) is 1.32. The van der Waals surface area contributed by atoms with Crippen molar-refractivity contribution < 1.29 is 12.4 Å². The van der Waals surface area contributed by atoms with Crippen molar-refractivity contribution in [3.05, 3.63) is 35.9 Å². The largest absolute Gasteiger partial charge is 1.00 e. The van der Waals surface area contributed by atoms with Gasteiger partial charge in [0.25, 0.3) is 0 Å². The molecule has 0 saturated carbocycles. The Bertz CT molecular complexity index is 134.